The van der Waals surface area contributed by atoms with Crippen LogP contribution < -0.4 is 10.5 Å². The molecule has 2 aromatic rings. The van der Waals surface area contributed by atoms with Crippen molar-refractivity contribution in [3.8, 4) is 0 Å². The first-order valence-corrected chi connectivity index (χ1v) is 7.71. The molecular weight excluding hydrogens is 361 g/mol. The summed E-state index contributed by atoms with van der Waals surface area (Å²) in [5, 5.41) is 5.93. The first kappa shape index (κ1) is 17.3. The van der Waals surface area contributed by atoms with Crippen LogP contribution in [-0.4, -0.2) is 14.3 Å². The molecule has 0 saturated carbocycles. The molecule has 1 amide bonds. The number of furan rings is 1. The number of hydrogen-bond acceptors (Lipinski definition) is 4. The smallest absolute Gasteiger partial charge is 0.418 e. The van der Waals surface area contributed by atoms with Crippen LogP contribution in [0.2, 0.25) is 5.02 Å². The summed E-state index contributed by atoms with van der Waals surface area (Å²) in [4.78, 5) is 11.9. The lowest BCUT2D eigenvalue weighted by molar-refractivity contribution is -0.136. The molecule has 0 fully saturated rings. The van der Waals surface area contributed by atoms with Gasteiger partial charge in [0.2, 0.25) is 5.09 Å². The Morgan fingerprint density at radius 2 is 1.87 bits per heavy atom. The van der Waals surface area contributed by atoms with Crippen molar-refractivity contribution in [2.45, 2.75) is 11.3 Å². The van der Waals surface area contributed by atoms with Gasteiger partial charge < -0.3 is 9.73 Å². The van der Waals surface area contributed by atoms with E-state index >= 15 is 0 Å². The summed E-state index contributed by atoms with van der Waals surface area (Å²) < 4.78 is 65.5. The van der Waals surface area contributed by atoms with Gasteiger partial charge in [-0.3, -0.25) is 4.79 Å². The number of primary sulfonamides is 1. The van der Waals surface area contributed by atoms with Crippen LogP contribution >= 0.6 is 11.6 Å². The number of nitrogens with two attached hydrogens (primary N) is 1. The van der Waals surface area contributed by atoms with E-state index in [0.717, 1.165) is 24.3 Å². The molecule has 0 aliphatic rings. The zero-order valence-corrected chi connectivity index (χ0v) is 12.6. The Balaban J connectivity index is 2.33. The quantitative estimate of drug-likeness (QED) is 0.869. The summed E-state index contributed by atoms with van der Waals surface area (Å²) in [7, 11) is -4.17. The number of sulfonamides is 1. The fraction of sp³-hybridized carbons (Fsp3) is 0.0833. The van der Waals surface area contributed by atoms with Gasteiger partial charge in [-0.1, -0.05) is 11.6 Å². The molecule has 1 heterocycles. The summed E-state index contributed by atoms with van der Waals surface area (Å²) >= 11 is 5.52. The van der Waals surface area contributed by atoms with Crippen molar-refractivity contribution in [2.75, 3.05) is 5.32 Å². The number of halogens is 4. The molecule has 1 aromatic carbocycles. The summed E-state index contributed by atoms with van der Waals surface area (Å²) in [6.45, 7) is 0. The number of carbonyl (C=O) groups excluding carboxylic acids is 1. The predicted octanol–water partition coefficient (Wildman–Crippen LogP) is 2.85. The van der Waals surface area contributed by atoms with Crippen molar-refractivity contribution in [1.29, 1.82) is 0 Å². The number of amides is 1. The third-order valence-corrected chi connectivity index (χ3v) is 3.64. The van der Waals surface area contributed by atoms with E-state index < -0.39 is 44.2 Å². The van der Waals surface area contributed by atoms with Gasteiger partial charge in [0.1, 0.15) is 0 Å². The third kappa shape index (κ3) is 4.03. The van der Waals surface area contributed by atoms with Crippen molar-refractivity contribution >= 4 is 33.2 Å². The molecule has 6 nitrogen and oxygen atoms in total. The van der Waals surface area contributed by atoms with Gasteiger partial charge in [0.15, 0.2) is 5.76 Å². The zero-order valence-electron chi connectivity index (χ0n) is 11.0. The van der Waals surface area contributed by atoms with Crippen molar-refractivity contribution in [3.63, 3.8) is 0 Å². The van der Waals surface area contributed by atoms with Gasteiger partial charge in [-0.25, -0.2) is 13.6 Å². The molecule has 0 spiro atoms. The molecular formula is C12H8ClF3N2O4S. The summed E-state index contributed by atoms with van der Waals surface area (Å²) in [5.41, 5.74) is -1.71. The lowest BCUT2D eigenvalue weighted by Gasteiger charge is -2.13. The fourth-order valence-corrected chi connectivity index (χ4v) is 2.27. The molecule has 11 heteroatoms. The minimum Gasteiger partial charge on any atom is -0.438 e. The second-order valence-electron chi connectivity index (χ2n) is 4.31. The highest BCUT2D eigenvalue weighted by molar-refractivity contribution is 7.89. The predicted molar refractivity (Wildman–Crippen MR) is 74.5 cm³/mol. The number of benzene rings is 1. The summed E-state index contributed by atoms with van der Waals surface area (Å²) in [5.74, 6) is -1.59. The van der Waals surface area contributed by atoms with E-state index in [1.54, 1.807) is 0 Å². The van der Waals surface area contributed by atoms with Crippen molar-refractivity contribution in [3.05, 3.63) is 46.7 Å². The van der Waals surface area contributed by atoms with Crippen LogP contribution in [0.25, 0.3) is 0 Å². The number of hydrogen-bond donors (Lipinski definition) is 2. The number of anilines is 1. The van der Waals surface area contributed by atoms with Crippen LogP contribution in [0, 0.1) is 0 Å². The molecule has 23 heavy (non-hydrogen) atoms. The molecule has 3 N–H and O–H groups in total. The van der Waals surface area contributed by atoms with E-state index in [1.165, 1.54) is 0 Å². The molecule has 2 rings (SSSR count). The normalized spacial score (nSPS) is 12.2. The Morgan fingerprint density at radius 3 is 2.39 bits per heavy atom. The van der Waals surface area contributed by atoms with Crippen LogP contribution in [-0.2, 0) is 16.2 Å². The number of rotatable bonds is 3. The molecule has 0 bridgehead atoms. The highest BCUT2D eigenvalue weighted by Gasteiger charge is 2.34. The molecule has 0 aliphatic carbocycles. The number of alkyl halides is 3. The van der Waals surface area contributed by atoms with E-state index in [1.807, 2.05) is 5.32 Å². The van der Waals surface area contributed by atoms with Gasteiger partial charge in [-0.2, -0.15) is 13.2 Å². The maximum absolute atomic E-state index is 12.9. The third-order valence-electron chi connectivity index (χ3n) is 2.62. The van der Waals surface area contributed by atoms with Crippen LogP contribution in [0.5, 0.6) is 0 Å². The van der Waals surface area contributed by atoms with Crippen molar-refractivity contribution in [1.82, 2.24) is 0 Å². The lowest BCUT2D eigenvalue weighted by Crippen LogP contribution is -2.16. The topological polar surface area (TPSA) is 102 Å². The number of nitrogens with one attached hydrogen (secondary N) is 1. The molecule has 0 radical (unpaired) electrons. The first-order valence-electron chi connectivity index (χ1n) is 5.79. The van der Waals surface area contributed by atoms with Gasteiger partial charge >= 0.3 is 6.18 Å². The van der Waals surface area contributed by atoms with Crippen LogP contribution in [0.15, 0.2) is 39.8 Å². The van der Waals surface area contributed by atoms with Crippen LogP contribution in [0.1, 0.15) is 16.1 Å². The molecule has 0 unspecified atom stereocenters. The van der Waals surface area contributed by atoms with Gasteiger partial charge in [0.25, 0.3) is 15.9 Å². The first-order chi connectivity index (χ1) is 10.5. The zero-order chi connectivity index (χ0) is 17.4. The Hall–Kier alpha value is -2.04. The van der Waals surface area contributed by atoms with Gasteiger partial charge in [-0.15, -0.1) is 0 Å². The Labute approximate surface area is 133 Å². The monoisotopic (exact) mass is 368 g/mol. The minimum atomic E-state index is -4.75. The average molecular weight is 369 g/mol. The second-order valence-corrected chi connectivity index (χ2v) is 6.23. The van der Waals surface area contributed by atoms with Crippen molar-refractivity contribution in [2.24, 2.45) is 5.14 Å². The lowest BCUT2D eigenvalue weighted by atomic mass is 10.1. The SMILES string of the molecule is NS(=O)(=O)c1ccc(C(=O)Nc2ccc(Cl)cc2C(F)(F)F)o1. The minimum absolute atomic E-state index is 0.162. The maximum Gasteiger partial charge on any atom is 0.418 e. The van der Waals surface area contributed by atoms with Gasteiger partial charge in [0.05, 0.1) is 11.3 Å². The standard InChI is InChI=1S/C12H8ClF3N2O4S/c13-6-1-2-8(7(5-6)12(14,15)16)18-11(19)9-3-4-10(22-9)23(17,20)21/h1-5H,(H,18,19)(H2,17,20,21). The second kappa shape index (κ2) is 5.87. The van der Waals surface area contributed by atoms with Crippen LogP contribution in [0.4, 0.5) is 18.9 Å². The van der Waals surface area contributed by atoms with Crippen molar-refractivity contribution < 1.29 is 30.8 Å². The number of carbonyl (C=O) groups is 1. The van der Waals surface area contributed by atoms with Crippen LogP contribution in [0.3, 0.4) is 0 Å². The highest BCUT2D eigenvalue weighted by atomic mass is 35.5. The average Bonchev–Trinajstić information content (AvgIpc) is 2.89. The fourth-order valence-electron chi connectivity index (χ4n) is 1.64. The summed E-state index contributed by atoms with van der Waals surface area (Å²) in [6.07, 6.45) is -4.75. The molecule has 1 aromatic heterocycles. The summed E-state index contributed by atoms with van der Waals surface area (Å²) in [6, 6.07) is 4.65. The Morgan fingerprint density at radius 1 is 1.22 bits per heavy atom. The largest absolute Gasteiger partial charge is 0.438 e. The van der Waals surface area contributed by atoms with E-state index in [0.29, 0.717) is 6.07 Å². The molecule has 0 saturated heterocycles. The molecule has 124 valence electrons. The van der Waals surface area contributed by atoms with E-state index in [9.17, 15) is 26.4 Å². The van der Waals surface area contributed by atoms with E-state index in [4.69, 9.17) is 21.2 Å². The molecule has 0 atom stereocenters. The van der Waals surface area contributed by atoms with E-state index in [-0.39, 0.29) is 5.02 Å². The maximum atomic E-state index is 12.9. The molecule has 0 aliphatic heterocycles. The highest BCUT2D eigenvalue weighted by Crippen LogP contribution is 2.36. The van der Waals surface area contributed by atoms with E-state index in [2.05, 4.69) is 0 Å². The Bertz CT molecular complexity index is 861. The Kier molecular flexibility index (Phi) is 4.42. The van der Waals surface area contributed by atoms with Gasteiger partial charge in [-0.05, 0) is 30.3 Å². The van der Waals surface area contributed by atoms with Gasteiger partial charge in [0, 0.05) is 5.02 Å².